The monoisotopic (exact) mass is 222 g/mol. The molecule has 0 unspecified atom stereocenters. The summed E-state index contributed by atoms with van der Waals surface area (Å²) in [5, 5.41) is 9.52. The van der Waals surface area contributed by atoms with E-state index in [1.165, 1.54) is 11.1 Å². The summed E-state index contributed by atoms with van der Waals surface area (Å²) in [6.45, 7) is 5.47. The van der Waals surface area contributed by atoms with Gasteiger partial charge in [0.2, 0.25) is 0 Å². The first-order valence-electron chi connectivity index (χ1n) is 5.48. The van der Waals surface area contributed by atoms with Gasteiger partial charge in [-0.1, -0.05) is 6.07 Å². The molecule has 16 heavy (non-hydrogen) atoms. The van der Waals surface area contributed by atoms with Crippen LogP contribution in [0.5, 0.6) is 5.75 Å². The van der Waals surface area contributed by atoms with Crippen molar-refractivity contribution in [3.63, 3.8) is 0 Å². The minimum absolute atomic E-state index is 0.139. The number of methoxy groups -OCH3 is 1. The summed E-state index contributed by atoms with van der Waals surface area (Å²) in [5.74, 6) is 0.898. The van der Waals surface area contributed by atoms with Gasteiger partial charge in [0.1, 0.15) is 5.75 Å². The maximum atomic E-state index is 9.52. The Labute approximate surface area is 96.0 Å². The Balaban J connectivity index is 2.46. The average molecular weight is 222 g/mol. The highest BCUT2D eigenvalue weighted by Crippen LogP contribution is 2.37. The van der Waals surface area contributed by atoms with Gasteiger partial charge in [-0.05, 0) is 36.6 Å². The summed E-state index contributed by atoms with van der Waals surface area (Å²) in [4.78, 5) is 0. The molecule has 0 aliphatic carbocycles. The van der Waals surface area contributed by atoms with Crippen molar-refractivity contribution in [2.45, 2.75) is 19.3 Å². The molecule has 0 saturated carbocycles. The summed E-state index contributed by atoms with van der Waals surface area (Å²) < 4.78 is 10.5. The smallest absolute Gasteiger partial charge is 0.122 e. The van der Waals surface area contributed by atoms with E-state index in [9.17, 15) is 5.11 Å². The summed E-state index contributed by atoms with van der Waals surface area (Å²) in [7, 11) is 1.68. The topological polar surface area (TPSA) is 38.7 Å². The second kappa shape index (κ2) is 4.07. The molecular formula is C13H18O3. The van der Waals surface area contributed by atoms with Crippen LogP contribution >= 0.6 is 0 Å². The lowest BCUT2D eigenvalue weighted by Gasteiger charge is -2.41. The molecule has 1 saturated heterocycles. The predicted octanol–water partition coefficient (Wildman–Crippen LogP) is 1.57. The fourth-order valence-electron chi connectivity index (χ4n) is 2.27. The first kappa shape index (κ1) is 11.4. The molecule has 1 heterocycles. The van der Waals surface area contributed by atoms with Crippen LogP contribution in [-0.2, 0) is 10.2 Å². The Hall–Kier alpha value is -1.06. The van der Waals surface area contributed by atoms with Crippen molar-refractivity contribution in [3.05, 3.63) is 28.8 Å². The molecule has 1 aromatic rings. The van der Waals surface area contributed by atoms with Gasteiger partial charge in [0.15, 0.2) is 0 Å². The fourth-order valence-corrected chi connectivity index (χ4v) is 2.27. The van der Waals surface area contributed by atoms with E-state index >= 15 is 0 Å². The van der Waals surface area contributed by atoms with Gasteiger partial charge >= 0.3 is 0 Å². The van der Waals surface area contributed by atoms with Crippen molar-refractivity contribution in [2.24, 2.45) is 0 Å². The van der Waals surface area contributed by atoms with E-state index in [2.05, 4.69) is 6.92 Å². The van der Waals surface area contributed by atoms with Crippen LogP contribution in [0.15, 0.2) is 12.1 Å². The Morgan fingerprint density at radius 2 is 2.00 bits per heavy atom. The largest absolute Gasteiger partial charge is 0.496 e. The molecule has 1 N–H and O–H groups in total. The van der Waals surface area contributed by atoms with Gasteiger partial charge in [0.25, 0.3) is 0 Å². The lowest BCUT2D eigenvalue weighted by molar-refractivity contribution is -0.0844. The van der Waals surface area contributed by atoms with Crippen LogP contribution in [0.4, 0.5) is 0 Å². The van der Waals surface area contributed by atoms with E-state index in [1.807, 2.05) is 19.1 Å². The van der Waals surface area contributed by atoms with Crippen LogP contribution in [0.25, 0.3) is 0 Å². The van der Waals surface area contributed by atoms with Gasteiger partial charge in [-0.3, -0.25) is 0 Å². The molecule has 1 aliphatic rings. The molecule has 0 atom stereocenters. The van der Waals surface area contributed by atoms with E-state index < -0.39 is 0 Å². The van der Waals surface area contributed by atoms with E-state index in [1.54, 1.807) is 7.11 Å². The zero-order chi connectivity index (χ0) is 11.8. The number of aliphatic hydroxyl groups excluding tert-OH is 1. The van der Waals surface area contributed by atoms with E-state index in [0.717, 1.165) is 11.3 Å². The van der Waals surface area contributed by atoms with E-state index in [-0.39, 0.29) is 12.0 Å². The third kappa shape index (κ3) is 1.51. The molecule has 3 nitrogen and oxygen atoms in total. The first-order chi connectivity index (χ1) is 7.64. The van der Waals surface area contributed by atoms with Gasteiger partial charge < -0.3 is 14.6 Å². The molecular weight excluding hydrogens is 204 g/mol. The quantitative estimate of drug-likeness (QED) is 0.843. The van der Waals surface area contributed by atoms with E-state index in [4.69, 9.17) is 9.47 Å². The van der Waals surface area contributed by atoms with E-state index in [0.29, 0.717) is 13.2 Å². The number of benzene rings is 1. The van der Waals surface area contributed by atoms with Crippen molar-refractivity contribution in [1.82, 2.24) is 0 Å². The third-order valence-corrected chi connectivity index (χ3v) is 3.59. The maximum absolute atomic E-state index is 9.52. The van der Waals surface area contributed by atoms with Crippen molar-refractivity contribution in [1.29, 1.82) is 0 Å². The fraction of sp³-hybridized carbons (Fsp3) is 0.538. The van der Waals surface area contributed by atoms with Gasteiger partial charge in [-0.15, -0.1) is 0 Å². The number of ether oxygens (including phenoxy) is 2. The highest BCUT2D eigenvalue weighted by molar-refractivity contribution is 5.47. The average Bonchev–Trinajstić information content (AvgIpc) is 2.23. The van der Waals surface area contributed by atoms with Crippen molar-refractivity contribution < 1.29 is 14.6 Å². The number of hydrogen-bond acceptors (Lipinski definition) is 3. The van der Waals surface area contributed by atoms with Crippen LogP contribution in [0.3, 0.4) is 0 Å². The third-order valence-electron chi connectivity index (χ3n) is 3.59. The van der Waals surface area contributed by atoms with Crippen molar-refractivity contribution in [2.75, 3.05) is 26.9 Å². The molecule has 3 heteroatoms. The summed E-state index contributed by atoms with van der Waals surface area (Å²) in [6, 6.07) is 4.01. The predicted molar refractivity (Wildman–Crippen MR) is 62.1 cm³/mol. The van der Waals surface area contributed by atoms with Crippen LogP contribution in [-0.4, -0.2) is 32.0 Å². The highest BCUT2D eigenvalue weighted by Gasteiger charge is 2.41. The summed E-state index contributed by atoms with van der Waals surface area (Å²) in [6.07, 6.45) is 0. The molecule has 0 spiro atoms. The Morgan fingerprint density at radius 3 is 2.44 bits per heavy atom. The van der Waals surface area contributed by atoms with Crippen LogP contribution in [0, 0.1) is 13.8 Å². The number of rotatable bonds is 3. The van der Waals surface area contributed by atoms with Gasteiger partial charge in [-0.25, -0.2) is 0 Å². The Kier molecular flexibility index (Phi) is 2.91. The first-order valence-corrected chi connectivity index (χ1v) is 5.48. The minimum Gasteiger partial charge on any atom is -0.496 e. The normalized spacial score (nSPS) is 18.0. The second-order valence-electron chi connectivity index (χ2n) is 4.50. The molecule has 0 amide bonds. The molecule has 0 bridgehead atoms. The minimum atomic E-state index is -0.193. The molecule has 1 aliphatic heterocycles. The van der Waals surface area contributed by atoms with Crippen LogP contribution in [0.2, 0.25) is 0 Å². The van der Waals surface area contributed by atoms with Crippen LogP contribution < -0.4 is 4.74 Å². The van der Waals surface area contributed by atoms with Gasteiger partial charge in [0, 0.05) is 0 Å². The SMILES string of the molecule is COc1ccc(C2(CO)COC2)c(C)c1C. The molecule has 88 valence electrons. The molecule has 2 rings (SSSR count). The van der Waals surface area contributed by atoms with Crippen molar-refractivity contribution >= 4 is 0 Å². The molecule has 0 aromatic heterocycles. The Morgan fingerprint density at radius 1 is 1.31 bits per heavy atom. The standard InChI is InChI=1S/C13H18O3/c1-9-10(2)12(15-3)5-4-11(9)13(6-14)7-16-8-13/h4-5,14H,6-8H2,1-3H3. The van der Waals surface area contributed by atoms with Crippen molar-refractivity contribution in [3.8, 4) is 5.75 Å². The zero-order valence-electron chi connectivity index (χ0n) is 10.0. The zero-order valence-corrected chi connectivity index (χ0v) is 10.0. The summed E-state index contributed by atoms with van der Waals surface area (Å²) in [5.41, 5.74) is 3.32. The maximum Gasteiger partial charge on any atom is 0.122 e. The second-order valence-corrected chi connectivity index (χ2v) is 4.50. The Bertz CT molecular complexity index is 389. The van der Waals surface area contributed by atoms with Crippen LogP contribution in [0.1, 0.15) is 16.7 Å². The number of aliphatic hydroxyl groups is 1. The molecule has 1 aromatic carbocycles. The van der Waals surface area contributed by atoms with Gasteiger partial charge in [0.05, 0.1) is 32.3 Å². The molecule has 1 fully saturated rings. The lowest BCUT2D eigenvalue weighted by atomic mass is 9.76. The molecule has 0 radical (unpaired) electrons. The van der Waals surface area contributed by atoms with Gasteiger partial charge in [-0.2, -0.15) is 0 Å². The highest BCUT2D eigenvalue weighted by atomic mass is 16.5. The lowest BCUT2D eigenvalue weighted by Crippen LogP contribution is -2.50. The number of hydrogen-bond donors (Lipinski definition) is 1. The summed E-state index contributed by atoms with van der Waals surface area (Å²) >= 11 is 0.